The highest BCUT2D eigenvalue weighted by atomic mass is 31.2. The molecule has 2 rings (SSSR count). The zero-order chi connectivity index (χ0) is 15.9. The first-order valence-corrected chi connectivity index (χ1v) is 8.80. The summed E-state index contributed by atoms with van der Waals surface area (Å²) >= 11 is 0. The Hall–Kier alpha value is -1.25. The van der Waals surface area contributed by atoms with E-state index in [1.165, 1.54) is 11.1 Å². The molecule has 0 amide bonds. The first-order chi connectivity index (χ1) is 10.6. The Morgan fingerprint density at radius 2 is 1.27 bits per heavy atom. The molecule has 0 bridgehead atoms. The van der Waals surface area contributed by atoms with E-state index in [4.69, 9.17) is 4.52 Å². The van der Waals surface area contributed by atoms with Gasteiger partial charge in [0, 0.05) is 6.42 Å². The lowest BCUT2D eigenvalue weighted by Gasteiger charge is -2.19. The molecule has 0 radical (unpaired) electrons. The first-order valence-electron chi connectivity index (χ1n) is 7.63. The van der Waals surface area contributed by atoms with Gasteiger partial charge in [-0.1, -0.05) is 62.4 Å². The summed E-state index contributed by atoms with van der Waals surface area (Å²) in [5, 5.41) is 0. The van der Waals surface area contributed by atoms with Crippen LogP contribution < -0.4 is 0 Å². The van der Waals surface area contributed by atoms with Crippen LogP contribution in [0.4, 0.5) is 0 Å². The van der Waals surface area contributed by atoms with Gasteiger partial charge in [-0.25, -0.2) is 0 Å². The van der Waals surface area contributed by atoms with Crippen molar-refractivity contribution >= 4 is 8.60 Å². The number of hydrogen-bond acceptors (Lipinski definition) is 3. The summed E-state index contributed by atoms with van der Waals surface area (Å²) in [7, 11) is -2.38. The molecule has 3 nitrogen and oxygen atoms in total. The average Bonchev–Trinajstić information content (AvgIpc) is 2.54. The standard InChI is InChI=1S/C18H23O3P/c1-3-14-5-7-16(8-6-14)13-18(21-22(19)20)17-11-9-15(4-2)10-12-17/h5-12,18-20H,3-4,13H2,1-2H3. The molecule has 2 N–H and O–H groups in total. The maximum Gasteiger partial charge on any atom is 0.327 e. The molecule has 0 aromatic heterocycles. The normalized spacial score (nSPS) is 12.6. The van der Waals surface area contributed by atoms with E-state index < -0.39 is 8.60 Å². The van der Waals surface area contributed by atoms with Crippen molar-refractivity contribution in [3.05, 3.63) is 70.8 Å². The molecule has 118 valence electrons. The Morgan fingerprint density at radius 3 is 1.73 bits per heavy atom. The van der Waals surface area contributed by atoms with E-state index in [1.54, 1.807) is 0 Å². The quantitative estimate of drug-likeness (QED) is 0.747. The van der Waals surface area contributed by atoms with Gasteiger partial charge in [0.05, 0.1) is 6.10 Å². The lowest BCUT2D eigenvalue weighted by molar-refractivity contribution is 0.173. The van der Waals surface area contributed by atoms with E-state index in [-0.39, 0.29) is 6.10 Å². The molecular weight excluding hydrogens is 295 g/mol. The molecule has 0 aliphatic heterocycles. The van der Waals surface area contributed by atoms with Crippen LogP contribution in [0.25, 0.3) is 0 Å². The largest absolute Gasteiger partial charge is 0.328 e. The maximum absolute atomic E-state index is 9.24. The van der Waals surface area contributed by atoms with Gasteiger partial charge in [0.25, 0.3) is 0 Å². The lowest BCUT2D eigenvalue weighted by Crippen LogP contribution is -2.05. The van der Waals surface area contributed by atoms with Crippen LogP contribution in [0.3, 0.4) is 0 Å². The van der Waals surface area contributed by atoms with Crippen molar-refractivity contribution in [3.8, 4) is 0 Å². The van der Waals surface area contributed by atoms with Gasteiger partial charge < -0.3 is 14.3 Å². The Kier molecular flexibility index (Phi) is 6.53. The highest BCUT2D eigenvalue weighted by Crippen LogP contribution is 2.36. The molecular formula is C18H23O3P. The van der Waals surface area contributed by atoms with Crippen molar-refractivity contribution in [2.24, 2.45) is 0 Å². The Morgan fingerprint density at radius 1 is 0.818 bits per heavy atom. The second-order valence-electron chi connectivity index (χ2n) is 5.32. The summed E-state index contributed by atoms with van der Waals surface area (Å²) in [4.78, 5) is 18.5. The van der Waals surface area contributed by atoms with Crippen molar-refractivity contribution in [1.82, 2.24) is 0 Å². The van der Waals surface area contributed by atoms with Crippen LogP contribution >= 0.6 is 8.60 Å². The fraction of sp³-hybridized carbons (Fsp3) is 0.333. The van der Waals surface area contributed by atoms with Gasteiger partial charge in [-0.05, 0) is 35.1 Å². The van der Waals surface area contributed by atoms with Crippen LogP contribution in [-0.4, -0.2) is 9.79 Å². The first kappa shape index (κ1) is 17.1. The number of aryl methyl sites for hydroxylation is 2. The summed E-state index contributed by atoms with van der Waals surface area (Å²) in [6.07, 6.45) is 2.27. The summed E-state index contributed by atoms with van der Waals surface area (Å²) in [6, 6.07) is 16.5. The fourth-order valence-corrected chi connectivity index (χ4v) is 2.85. The molecule has 0 saturated heterocycles. The van der Waals surface area contributed by atoms with Gasteiger partial charge in [0.2, 0.25) is 0 Å². The molecule has 0 aliphatic rings. The summed E-state index contributed by atoms with van der Waals surface area (Å²) < 4.78 is 5.35. The molecule has 2 aromatic rings. The number of rotatable bonds is 7. The second kappa shape index (κ2) is 8.40. The highest BCUT2D eigenvalue weighted by Gasteiger charge is 2.17. The third kappa shape index (κ3) is 4.89. The Balaban J connectivity index is 2.16. The minimum absolute atomic E-state index is 0.348. The zero-order valence-corrected chi connectivity index (χ0v) is 14.0. The summed E-state index contributed by atoms with van der Waals surface area (Å²) in [5.41, 5.74) is 4.64. The van der Waals surface area contributed by atoms with Gasteiger partial charge in [0.1, 0.15) is 0 Å². The van der Waals surface area contributed by atoms with Crippen molar-refractivity contribution in [1.29, 1.82) is 0 Å². The molecule has 22 heavy (non-hydrogen) atoms. The minimum Gasteiger partial charge on any atom is -0.328 e. The van der Waals surface area contributed by atoms with E-state index in [2.05, 4.69) is 50.2 Å². The monoisotopic (exact) mass is 318 g/mol. The van der Waals surface area contributed by atoms with Crippen LogP contribution in [-0.2, 0) is 23.8 Å². The van der Waals surface area contributed by atoms with Gasteiger partial charge in [0.15, 0.2) is 0 Å². The zero-order valence-electron chi connectivity index (χ0n) is 13.1. The van der Waals surface area contributed by atoms with E-state index in [9.17, 15) is 9.79 Å². The average molecular weight is 318 g/mol. The lowest BCUT2D eigenvalue weighted by atomic mass is 9.99. The predicted molar refractivity (Wildman–Crippen MR) is 90.5 cm³/mol. The topological polar surface area (TPSA) is 49.7 Å². The molecule has 0 heterocycles. The van der Waals surface area contributed by atoms with Crippen molar-refractivity contribution in [2.75, 3.05) is 0 Å². The van der Waals surface area contributed by atoms with Crippen LogP contribution in [0, 0.1) is 0 Å². The summed E-state index contributed by atoms with van der Waals surface area (Å²) in [6.45, 7) is 4.24. The molecule has 1 unspecified atom stereocenters. The van der Waals surface area contributed by atoms with Gasteiger partial charge >= 0.3 is 8.60 Å². The van der Waals surface area contributed by atoms with Gasteiger partial charge in [-0.2, -0.15) is 0 Å². The highest BCUT2D eigenvalue weighted by molar-refractivity contribution is 7.39. The van der Waals surface area contributed by atoms with E-state index >= 15 is 0 Å². The van der Waals surface area contributed by atoms with E-state index in [0.29, 0.717) is 6.42 Å². The van der Waals surface area contributed by atoms with Crippen molar-refractivity contribution < 1.29 is 14.3 Å². The van der Waals surface area contributed by atoms with Crippen LogP contribution in [0.5, 0.6) is 0 Å². The molecule has 2 aromatic carbocycles. The summed E-state index contributed by atoms with van der Waals surface area (Å²) in [5.74, 6) is 0. The number of benzene rings is 2. The molecule has 0 spiro atoms. The third-order valence-corrected chi connectivity index (χ3v) is 4.28. The van der Waals surface area contributed by atoms with Crippen LogP contribution in [0.15, 0.2) is 48.5 Å². The van der Waals surface area contributed by atoms with Crippen molar-refractivity contribution in [2.45, 2.75) is 39.2 Å². The third-order valence-electron chi connectivity index (χ3n) is 3.83. The van der Waals surface area contributed by atoms with Gasteiger partial charge in [-0.15, -0.1) is 0 Å². The minimum atomic E-state index is -2.38. The van der Waals surface area contributed by atoms with Crippen LogP contribution in [0.1, 0.15) is 42.2 Å². The smallest absolute Gasteiger partial charge is 0.327 e. The molecule has 0 saturated carbocycles. The van der Waals surface area contributed by atoms with E-state index in [0.717, 1.165) is 24.0 Å². The van der Waals surface area contributed by atoms with Gasteiger partial charge in [-0.3, -0.25) is 0 Å². The Labute approximate surface area is 133 Å². The second-order valence-corrected chi connectivity index (χ2v) is 6.03. The van der Waals surface area contributed by atoms with Crippen LogP contribution in [0.2, 0.25) is 0 Å². The fourth-order valence-electron chi connectivity index (χ4n) is 2.42. The molecule has 4 heteroatoms. The predicted octanol–water partition coefficient (Wildman–Crippen LogP) is 4.32. The maximum atomic E-state index is 9.24. The molecule has 0 aliphatic carbocycles. The number of hydrogen-bond donors (Lipinski definition) is 2. The Bertz CT molecular complexity index is 564. The molecule has 0 fully saturated rings. The SMILES string of the molecule is CCc1ccc(CC(OP(O)O)c2ccc(CC)cc2)cc1. The van der Waals surface area contributed by atoms with Crippen molar-refractivity contribution in [3.63, 3.8) is 0 Å². The van der Waals surface area contributed by atoms with E-state index in [1.807, 2.05) is 12.1 Å². The molecule has 1 atom stereocenters.